The third kappa shape index (κ3) is 7.95. The molecule has 1 heterocycles. The highest BCUT2D eigenvalue weighted by atomic mass is 19.1. The Hall–Kier alpha value is -3.70. The lowest BCUT2D eigenvalue weighted by Crippen LogP contribution is -2.57. The van der Waals surface area contributed by atoms with E-state index in [0.717, 1.165) is 12.8 Å². The zero-order valence-corrected chi connectivity index (χ0v) is 23.6. The van der Waals surface area contributed by atoms with Crippen LogP contribution in [0.4, 0.5) is 4.39 Å². The van der Waals surface area contributed by atoms with E-state index in [0.29, 0.717) is 23.4 Å². The first-order valence-electron chi connectivity index (χ1n) is 14.0. The van der Waals surface area contributed by atoms with Crippen molar-refractivity contribution in [1.82, 2.24) is 20.9 Å². The van der Waals surface area contributed by atoms with E-state index in [9.17, 15) is 29.0 Å². The number of nitrogens with one attached hydrogen (secondary N) is 3. The van der Waals surface area contributed by atoms with Crippen molar-refractivity contribution < 1.29 is 33.7 Å². The lowest BCUT2D eigenvalue weighted by molar-refractivity contribution is -0.141. The maximum absolute atomic E-state index is 13.5. The quantitative estimate of drug-likeness (QED) is 0.375. The monoisotopic (exact) mass is 570 g/mol. The third-order valence-electron chi connectivity index (χ3n) is 7.67. The minimum absolute atomic E-state index is 0.00242. The number of aliphatic hydroxyl groups is 1. The lowest BCUT2D eigenvalue weighted by Gasteiger charge is -2.31. The molecule has 0 saturated heterocycles. The van der Waals surface area contributed by atoms with Crippen molar-refractivity contribution in [2.45, 2.75) is 69.9 Å². The number of carbonyl (C=O) groups is 3. The number of nitrogens with zero attached hydrogens (tertiary/aromatic N) is 1. The second-order valence-corrected chi connectivity index (χ2v) is 11.0. The van der Waals surface area contributed by atoms with Gasteiger partial charge in [-0.3, -0.25) is 14.4 Å². The van der Waals surface area contributed by atoms with Crippen LogP contribution in [-0.4, -0.2) is 83.3 Å². The van der Waals surface area contributed by atoms with Gasteiger partial charge in [0, 0.05) is 38.5 Å². The Balaban J connectivity index is 1.61. The molecule has 1 unspecified atom stereocenters. The van der Waals surface area contributed by atoms with Crippen LogP contribution >= 0.6 is 0 Å². The van der Waals surface area contributed by atoms with Crippen LogP contribution in [0.3, 0.4) is 0 Å². The molecule has 0 spiro atoms. The summed E-state index contributed by atoms with van der Waals surface area (Å²) in [4.78, 5) is 41.4. The van der Waals surface area contributed by atoms with Gasteiger partial charge in [-0.1, -0.05) is 18.2 Å². The van der Waals surface area contributed by atoms with Crippen molar-refractivity contribution in [3.05, 3.63) is 59.4 Å². The first-order valence-corrected chi connectivity index (χ1v) is 14.0. The Kier molecular flexibility index (Phi) is 9.82. The average molecular weight is 571 g/mol. The summed E-state index contributed by atoms with van der Waals surface area (Å²) in [7, 11) is 1.56. The van der Waals surface area contributed by atoms with Crippen molar-refractivity contribution in [2.24, 2.45) is 5.92 Å². The summed E-state index contributed by atoms with van der Waals surface area (Å²) < 4.78 is 19.6. The number of halogens is 1. The maximum atomic E-state index is 13.5. The van der Waals surface area contributed by atoms with E-state index >= 15 is 0 Å². The molecule has 1 aliphatic carbocycles. The molecule has 2 aromatic carbocycles. The van der Waals surface area contributed by atoms with Crippen LogP contribution in [0, 0.1) is 11.7 Å². The molecule has 10 nitrogen and oxygen atoms in total. The summed E-state index contributed by atoms with van der Waals surface area (Å²) in [5.41, 5.74) is 1.01. The minimum Gasteiger partial charge on any atom is -0.508 e. The highest BCUT2D eigenvalue weighted by molar-refractivity contribution is 5.93. The van der Waals surface area contributed by atoms with Gasteiger partial charge in [0.25, 0.3) is 0 Å². The third-order valence-corrected chi connectivity index (χ3v) is 7.67. The van der Waals surface area contributed by atoms with E-state index in [-0.39, 0.29) is 43.1 Å². The van der Waals surface area contributed by atoms with Crippen molar-refractivity contribution >= 4 is 17.7 Å². The number of amides is 3. The highest BCUT2D eigenvalue weighted by Gasteiger charge is 2.39. The number of likely N-dealkylation sites (N-methyl/N-ethyl adjacent to an activating group) is 1. The fraction of sp³-hybridized carbons (Fsp3) is 0.500. The fourth-order valence-electron chi connectivity index (χ4n) is 4.90. The number of phenolic OH excluding ortho intramolecular Hbond substituents is 1. The van der Waals surface area contributed by atoms with Crippen LogP contribution in [0.25, 0.3) is 0 Å². The predicted molar refractivity (Wildman–Crippen MR) is 150 cm³/mol. The van der Waals surface area contributed by atoms with Crippen LogP contribution in [0.15, 0.2) is 42.5 Å². The SMILES string of the molecule is C[C@@H]1CN[C@@H](C2CC2)C(=O)N(C)[C@H](C)C(=O)N[C@H](Cc2ccc(F)cc2)C(=O)NCC(O)Cc2c(O)cccc2O1. The van der Waals surface area contributed by atoms with Gasteiger partial charge in [-0.2, -0.15) is 0 Å². The Morgan fingerprint density at radius 2 is 1.73 bits per heavy atom. The normalized spacial score (nSPS) is 27.1. The van der Waals surface area contributed by atoms with Gasteiger partial charge in [0.1, 0.15) is 35.5 Å². The van der Waals surface area contributed by atoms with Gasteiger partial charge >= 0.3 is 0 Å². The molecule has 41 heavy (non-hydrogen) atoms. The van der Waals surface area contributed by atoms with Crippen LogP contribution in [-0.2, 0) is 27.2 Å². The van der Waals surface area contributed by atoms with Crippen molar-refractivity contribution in [1.29, 1.82) is 0 Å². The van der Waals surface area contributed by atoms with Crippen LogP contribution < -0.4 is 20.7 Å². The molecule has 1 saturated carbocycles. The van der Waals surface area contributed by atoms with Gasteiger partial charge in [0.2, 0.25) is 17.7 Å². The number of rotatable bonds is 3. The number of benzene rings is 2. The molecule has 5 N–H and O–H groups in total. The zero-order valence-electron chi connectivity index (χ0n) is 23.6. The van der Waals surface area contributed by atoms with E-state index in [1.54, 1.807) is 26.1 Å². The second-order valence-electron chi connectivity index (χ2n) is 11.0. The summed E-state index contributed by atoms with van der Waals surface area (Å²) in [6.07, 6.45) is 0.412. The Bertz CT molecular complexity index is 1240. The Labute approximate surface area is 239 Å². The van der Waals surface area contributed by atoms with E-state index in [1.807, 2.05) is 6.92 Å². The number of aliphatic hydroxyl groups excluding tert-OH is 1. The number of carbonyl (C=O) groups excluding carboxylic acids is 3. The highest BCUT2D eigenvalue weighted by Crippen LogP contribution is 2.34. The van der Waals surface area contributed by atoms with Crippen molar-refractivity contribution in [2.75, 3.05) is 20.1 Å². The Morgan fingerprint density at radius 3 is 2.41 bits per heavy atom. The molecule has 0 aromatic heterocycles. The molecular formula is C30H39FN4O6. The molecule has 3 amide bonds. The average Bonchev–Trinajstić information content (AvgIpc) is 3.78. The van der Waals surface area contributed by atoms with Gasteiger partial charge in [0.15, 0.2) is 0 Å². The Morgan fingerprint density at radius 1 is 1.02 bits per heavy atom. The summed E-state index contributed by atoms with van der Waals surface area (Å²) in [6, 6.07) is 8.00. The van der Waals surface area contributed by atoms with Crippen molar-refractivity contribution in [3.63, 3.8) is 0 Å². The number of hydrogen-bond donors (Lipinski definition) is 5. The van der Waals surface area contributed by atoms with Crippen molar-refractivity contribution in [3.8, 4) is 11.5 Å². The summed E-state index contributed by atoms with van der Waals surface area (Å²) >= 11 is 0. The fourth-order valence-corrected chi connectivity index (χ4v) is 4.90. The molecule has 4 rings (SSSR count). The molecule has 2 aliphatic rings. The summed E-state index contributed by atoms with van der Waals surface area (Å²) in [5, 5.41) is 30.0. The van der Waals surface area contributed by atoms with E-state index in [1.165, 1.54) is 35.2 Å². The first kappa shape index (κ1) is 30.3. The minimum atomic E-state index is -1.06. The van der Waals surface area contributed by atoms with Gasteiger partial charge in [0.05, 0.1) is 12.1 Å². The van der Waals surface area contributed by atoms with E-state index < -0.39 is 41.9 Å². The standard InChI is InChI=1S/C30H39FN4O6/c1-17-15-32-27(20-9-10-20)30(40)35(3)18(2)28(38)34-24(13-19-7-11-21(31)12-8-19)29(39)33-16-22(36)14-23-25(37)5-4-6-26(23)41-17/h4-8,11-12,17-18,20,22,24,27,32,36-37H,9-10,13-16H2,1-3H3,(H,33,39)(H,34,38)/t17-,18-,22?,24-,27+/m1/s1. The molecular weight excluding hydrogens is 531 g/mol. The number of hydrogen-bond acceptors (Lipinski definition) is 7. The van der Waals surface area contributed by atoms with Gasteiger partial charge in [-0.25, -0.2) is 4.39 Å². The molecule has 1 aliphatic heterocycles. The lowest BCUT2D eigenvalue weighted by atomic mass is 10.0. The second kappa shape index (κ2) is 13.3. The number of aromatic hydroxyl groups is 1. The van der Waals surface area contributed by atoms with Crippen LogP contribution in [0.5, 0.6) is 11.5 Å². The van der Waals surface area contributed by atoms with E-state index in [2.05, 4.69) is 16.0 Å². The molecule has 0 radical (unpaired) electrons. The summed E-state index contributed by atoms with van der Waals surface area (Å²) in [5.74, 6) is -1.24. The number of phenols is 1. The van der Waals surface area contributed by atoms with Crippen LogP contribution in [0.1, 0.15) is 37.8 Å². The largest absolute Gasteiger partial charge is 0.508 e. The smallest absolute Gasteiger partial charge is 0.243 e. The summed E-state index contributed by atoms with van der Waals surface area (Å²) in [6.45, 7) is 3.62. The molecule has 222 valence electrons. The zero-order chi connectivity index (χ0) is 29.7. The molecule has 0 bridgehead atoms. The number of fused-ring (bicyclic) bond motifs is 1. The number of β-amino-alcohol motifs (C(OH)–C–C–N with tert-alkyl or cyclic N) is 1. The molecule has 11 heteroatoms. The molecule has 5 atom stereocenters. The number of ether oxygens (including phenoxy) is 1. The maximum Gasteiger partial charge on any atom is 0.243 e. The van der Waals surface area contributed by atoms with Gasteiger partial charge in [-0.05, 0) is 62.4 Å². The first-order chi connectivity index (χ1) is 19.5. The molecule has 1 fully saturated rings. The topological polar surface area (TPSA) is 140 Å². The van der Waals surface area contributed by atoms with E-state index in [4.69, 9.17) is 4.74 Å². The predicted octanol–water partition coefficient (Wildman–Crippen LogP) is 1.27. The van der Waals surface area contributed by atoms with Gasteiger partial charge < -0.3 is 35.8 Å². The molecule has 2 aromatic rings. The van der Waals surface area contributed by atoms with Crippen LogP contribution in [0.2, 0.25) is 0 Å². The van der Waals surface area contributed by atoms with Gasteiger partial charge in [-0.15, -0.1) is 0 Å².